The van der Waals surface area contributed by atoms with Gasteiger partial charge in [-0.05, 0) is 73.2 Å². The molecule has 0 radical (unpaired) electrons. The van der Waals surface area contributed by atoms with Gasteiger partial charge in [0.05, 0.1) is 17.8 Å². The maximum atomic E-state index is 11.1. The Morgan fingerprint density at radius 2 is 1.69 bits per heavy atom. The molecule has 1 aromatic heterocycles. The predicted molar refractivity (Wildman–Crippen MR) is 161 cm³/mol. The Morgan fingerprint density at radius 3 is 2.33 bits per heavy atom. The minimum absolute atomic E-state index is 0.281. The maximum Gasteiger partial charge on any atom is 0.335 e. The summed E-state index contributed by atoms with van der Waals surface area (Å²) in [6.45, 7) is 7.73. The van der Waals surface area contributed by atoms with Crippen molar-refractivity contribution in [1.29, 1.82) is 0 Å². The molecule has 0 fully saturated rings. The van der Waals surface area contributed by atoms with Gasteiger partial charge in [-0.2, -0.15) is 0 Å². The van der Waals surface area contributed by atoms with E-state index in [2.05, 4.69) is 67.4 Å². The van der Waals surface area contributed by atoms with Crippen molar-refractivity contribution in [3.8, 4) is 17.0 Å². The average Bonchev–Trinajstić information content (AvgIpc) is 3.41. The second-order valence-corrected chi connectivity index (χ2v) is 11.1. The number of hydrogen-bond acceptors (Lipinski definition) is 5. The number of nitrogens with zero attached hydrogens (tertiary/aromatic N) is 2. The lowest BCUT2D eigenvalue weighted by Gasteiger charge is -2.18. The van der Waals surface area contributed by atoms with Crippen molar-refractivity contribution < 1.29 is 14.6 Å². The number of aryl methyl sites for hydroxylation is 1. The van der Waals surface area contributed by atoms with Crippen LogP contribution in [0.15, 0.2) is 72.1 Å². The number of benzene rings is 3. The van der Waals surface area contributed by atoms with Crippen LogP contribution in [-0.4, -0.2) is 23.1 Å². The first-order valence-electron chi connectivity index (χ1n) is 13.7. The minimum atomic E-state index is -0.922. The number of aromatic carboxylic acids is 1. The Bertz CT molecular complexity index is 1360. The first-order valence-corrected chi connectivity index (χ1v) is 14.6. The van der Waals surface area contributed by atoms with Crippen LogP contribution in [0, 0.1) is 6.92 Å². The van der Waals surface area contributed by atoms with E-state index in [1.807, 2.05) is 25.2 Å². The van der Waals surface area contributed by atoms with Gasteiger partial charge in [0, 0.05) is 23.7 Å². The number of carboxylic acids is 1. The monoisotopic (exact) mass is 542 g/mol. The van der Waals surface area contributed by atoms with E-state index in [9.17, 15) is 4.79 Å². The highest BCUT2D eigenvalue weighted by Gasteiger charge is 2.14. The number of aromatic nitrogens is 1. The molecule has 39 heavy (non-hydrogen) atoms. The lowest BCUT2D eigenvalue weighted by atomic mass is 9.90. The molecule has 0 bridgehead atoms. The molecule has 1 N–H and O–H groups in total. The Hall–Kier alpha value is -3.64. The molecular formula is C33H38N2O3S. The van der Waals surface area contributed by atoms with Crippen molar-refractivity contribution >= 4 is 23.0 Å². The topological polar surface area (TPSA) is 62.7 Å². The summed E-state index contributed by atoms with van der Waals surface area (Å²) in [5, 5.41) is 12.2. The Labute approximate surface area is 236 Å². The zero-order valence-corrected chi connectivity index (χ0v) is 24.1. The highest BCUT2D eigenvalue weighted by molar-refractivity contribution is 7.10. The van der Waals surface area contributed by atoms with Gasteiger partial charge in [-0.25, -0.2) is 9.78 Å². The molecule has 6 heteroatoms. The van der Waals surface area contributed by atoms with E-state index in [1.165, 1.54) is 31.2 Å². The third-order valence-corrected chi connectivity index (χ3v) is 7.84. The SMILES string of the molecule is CCCC(CCC)c1ccc(COc2ccc(C)cc2-c2csc(CN(C)c3ccc(C(=O)O)cc3)n2)cc1. The summed E-state index contributed by atoms with van der Waals surface area (Å²) in [7, 11) is 1.98. The van der Waals surface area contributed by atoms with Gasteiger partial charge >= 0.3 is 5.97 Å². The number of anilines is 1. The van der Waals surface area contributed by atoms with Crippen LogP contribution in [0.1, 0.15) is 77.5 Å². The highest BCUT2D eigenvalue weighted by atomic mass is 32.1. The third-order valence-electron chi connectivity index (χ3n) is 7.01. The number of hydrogen-bond donors (Lipinski definition) is 1. The summed E-state index contributed by atoms with van der Waals surface area (Å²) in [6, 6.07) is 22.1. The zero-order valence-electron chi connectivity index (χ0n) is 23.3. The van der Waals surface area contributed by atoms with Crippen LogP contribution in [0.5, 0.6) is 5.75 Å². The molecule has 0 aliphatic carbocycles. The Kier molecular flexibility index (Phi) is 9.77. The van der Waals surface area contributed by atoms with Gasteiger partial charge in [-0.3, -0.25) is 0 Å². The number of carbonyl (C=O) groups is 1. The van der Waals surface area contributed by atoms with Crippen LogP contribution in [-0.2, 0) is 13.2 Å². The van der Waals surface area contributed by atoms with E-state index in [4.69, 9.17) is 14.8 Å². The molecule has 4 rings (SSSR count). The van der Waals surface area contributed by atoms with Crippen molar-refractivity contribution in [2.24, 2.45) is 0 Å². The van der Waals surface area contributed by atoms with E-state index >= 15 is 0 Å². The molecule has 0 amide bonds. The van der Waals surface area contributed by atoms with E-state index in [-0.39, 0.29) is 5.56 Å². The van der Waals surface area contributed by atoms with Crippen molar-refractivity contribution in [3.63, 3.8) is 0 Å². The zero-order chi connectivity index (χ0) is 27.8. The smallest absolute Gasteiger partial charge is 0.335 e. The quantitative estimate of drug-likeness (QED) is 0.183. The fourth-order valence-corrected chi connectivity index (χ4v) is 5.70. The standard InChI is InChI=1S/C33H38N2O3S/c1-5-7-25(8-6-2)26-12-10-24(11-13-26)21-38-31-18-9-23(3)19-29(31)30-22-39-32(34-30)20-35(4)28-16-14-27(15-17-28)33(36)37/h9-19,22,25H,5-8,20-21H2,1-4H3,(H,36,37). The Balaban J connectivity index is 1.44. The normalized spacial score (nSPS) is 11.1. The second kappa shape index (κ2) is 13.4. The Morgan fingerprint density at radius 1 is 1.00 bits per heavy atom. The first kappa shape index (κ1) is 28.4. The lowest BCUT2D eigenvalue weighted by molar-refractivity contribution is 0.0697. The van der Waals surface area contributed by atoms with E-state index in [0.29, 0.717) is 19.1 Å². The van der Waals surface area contributed by atoms with Crippen LogP contribution in [0.25, 0.3) is 11.3 Å². The highest BCUT2D eigenvalue weighted by Crippen LogP contribution is 2.33. The van der Waals surface area contributed by atoms with E-state index in [1.54, 1.807) is 23.5 Å². The number of ether oxygens (including phenoxy) is 1. The molecule has 5 nitrogen and oxygen atoms in total. The molecule has 0 unspecified atom stereocenters. The van der Waals surface area contributed by atoms with Crippen LogP contribution >= 0.6 is 11.3 Å². The summed E-state index contributed by atoms with van der Waals surface area (Å²) in [5.41, 5.74) is 6.86. The molecular weight excluding hydrogens is 504 g/mol. The van der Waals surface area contributed by atoms with Gasteiger partial charge in [0.1, 0.15) is 17.4 Å². The van der Waals surface area contributed by atoms with Gasteiger partial charge < -0.3 is 14.7 Å². The summed E-state index contributed by atoms with van der Waals surface area (Å²) < 4.78 is 6.32. The van der Waals surface area contributed by atoms with Crippen LogP contribution in [0.2, 0.25) is 0 Å². The predicted octanol–water partition coefficient (Wildman–Crippen LogP) is 8.72. The fourth-order valence-electron chi connectivity index (χ4n) is 4.85. The fraction of sp³-hybridized carbons (Fsp3) is 0.333. The van der Waals surface area contributed by atoms with Crippen molar-refractivity contribution in [2.45, 2.75) is 65.5 Å². The molecule has 0 saturated carbocycles. The van der Waals surface area contributed by atoms with E-state index in [0.717, 1.165) is 38.8 Å². The van der Waals surface area contributed by atoms with Crippen molar-refractivity contribution in [2.75, 3.05) is 11.9 Å². The molecule has 1 heterocycles. The first-order chi connectivity index (χ1) is 18.9. The largest absolute Gasteiger partial charge is 0.488 e. The molecule has 3 aromatic carbocycles. The van der Waals surface area contributed by atoms with Gasteiger partial charge in [0.25, 0.3) is 0 Å². The van der Waals surface area contributed by atoms with Crippen molar-refractivity contribution in [3.05, 3.63) is 99.4 Å². The molecule has 204 valence electrons. The minimum Gasteiger partial charge on any atom is -0.488 e. The summed E-state index contributed by atoms with van der Waals surface area (Å²) in [4.78, 5) is 18.1. The summed E-state index contributed by atoms with van der Waals surface area (Å²) in [5.74, 6) is 0.546. The van der Waals surface area contributed by atoms with Crippen molar-refractivity contribution in [1.82, 2.24) is 4.98 Å². The average molecular weight is 543 g/mol. The second-order valence-electron chi connectivity index (χ2n) is 10.1. The van der Waals surface area contributed by atoms with E-state index < -0.39 is 5.97 Å². The van der Waals surface area contributed by atoms with Gasteiger partial charge in [-0.15, -0.1) is 11.3 Å². The molecule has 0 aliphatic rings. The summed E-state index contributed by atoms with van der Waals surface area (Å²) in [6.07, 6.45) is 4.89. The summed E-state index contributed by atoms with van der Waals surface area (Å²) >= 11 is 1.61. The lowest BCUT2D eigenvalue weighted by Crippen LogP contribution is -2.16. The van der Waals surface area contributed by atoms with Gasteiger partial charge in [-0.1, -0.05) is 62.6 Å². The van der Waals surface area contributed by atoms with Crippen LogP contribution < -0.4 is 9.64 Å². The van der Waals surface area contributed by atoms with Crippen LogP contribution in [0.4, 0.5) is 5.69 Å². The number of rotatable bonds is 13. The molecule has 0 spiro atoms. The van der Waals surface area contributed by atoms with Gasteiger partial charge in [0.2, 0.25) is 0 Å². The maximum absolute atomic E-state index is 11.1. The molecule has 4 aromatic rings. The third kappa shape index (κ3) is 7.48. The number of carboxylic acid groups (broad SMARTS) is 1. The molecule has 0 aliphatic heterocycles. The number of thiazole rings is 1. The molecule has 0 atom stereocenters. The van der Waals surface area contributed by atoms with Gasteiger partial charge in [0.15, 0.2) is 0 Å². The van der Waals surface area contributed by atoms with Crippen LogP contribution in [0.3, 0.4) is 0 Å². The molecule has 0 saturated heterocycles.